The highest BCUT2D eigenvalue weighted by atomic mass is 32.1. The second-order valence-electron chi connectivity index (χ2n) is 6.81. The molecule has 10 nitrogen and oxygen atoms in total. The fourth-order valence-corrected chi connectivity index (χ4v) is 4.05. The van der Waals surface area contributed by atoms with Gasteiger partial charge in [0, 0.05) is 29.0 Å². The van der Waals surface area contributed by atoms with Crippen LogP contribution in [0.5, 0.6) is 0 Å². The molecule has 1 aromatic carbocycles. The van der Waals surface area contributed by atoms with E-state index in [9.17, 15) is 22.8 Å². The van der Waals surface area contributed by atoms with Gasteiger partial charge in [0.2, 0.25) is 0 Å². The van der Waals surface area contributed by atoms with Gasteiger partial charge in [-0.2, -0.15) is 13.2 Å². The number of nitrogen functional groups attached to an aromatic ring is 1. The van der Waals surface area contributed by atoms with Gasteiger partial charge in [-0.25, -0.2) is 19.9 Å². The number of nitrogens with one attached hydrogen (secondary N) is 3. The summed E-state index contributed by atoms with van der Waals surface area (Å²) in [6.45, 7) is 0.0100. The molecule has 4 rings (SSSR count). The van der Waals surface area contributed by atoms with E-state index in [1.807, 2.05) is 0 Å². The van der Waals surface area contributed by atoms with E-state index >= 15 is 0 Å². The molecule has 0 spiro atoms. The number of alkyl halides is 3. The van der Waals surface area contributed by atoms with Gasteiger partial charge in [0.25, 0.3) is 11.8 Å². The second kappa shape index (κ2) is 10.0. The first-order chi connectivity index (χ1) is 16.7. The highest BCUT2D eigenvalue weighted by Gasteiger charge is 2.33. The number of thiazole rings is 2. The average molecular weight is 521 g/mol. The second-order valence-corrected chi connectivity index (χ2v) is 8.82. The van der Waals surface area contributed by atoms with Crippen LogP contribution in [0.2, 0.25) is 0 Å². The van der Waals surface area contributed by atoms with Gasteiger partial charge in [0.15, 0.2) is 5.13 Å². The minimum atomic E-state index is -4.65. The van der Waals surface area contributed by atoms with Gasteiger partial charge in [0.1, 0.15) is 27.7 Å². The predicted octanol–water partition coefficient (Wildman–Crippen LogP) is 3.92. The van der Waals surface area contributed by atoms with Crippen molar-refractivity contribution in [1.29, 1.82) is 0 Å². The highest BCUT2D eigenvalue weighted by molar-refractivity contribution is 7.14. The minimum Gasteiger partial charge on any atom is -0.398 e. The van der Waals surface area contributed by atoms with Crippen molar-refractivity contribution in [1.82, 2.24) is 25.3 Å². The van der Waals surface area contributed by atoms with E-state index < -0.39 is 29.2 Å². The number of benzene rings is 1. The van der Waals surface area contributed by atoms with Crippen molar-refractivity contribution in [2.75, 3.05) is 16.4 Å². The Morgan fingerprint density at radius 3 is 2.63 bits per heavy atom. The molecule has 0 saturated carbocycles. The molecule has 5 N–H and O–H groups in total. The Bertz CT molecular complexity index is 1360. The molecule has 0 saturated heterocycles. The van der Waals surface area contributed by atoms with E-state index in [-0.39, 0.29) is 22.8 Å². The third-order valence-corrected chi connectivity index (χ3v) is 6.05. The van der Waals surface area contributed by atoms with Gasteiger partial charge in [-0.3, -0.25) is 9.59 Å². The van der Waals surface area contributed by atoms with Gasteiger partial charge in [-0.15, -0.1) is 22.7 Å². The summed E-state index contributed by atoms with van der Waals surface area (Å²) < 4.78 is 39.1. The Kier molecular flexibility index (Phi) is 6.88. The summed E-state index contributed by atoms with van der Waals surface area (Å²) >= 11 is 2.35. The van der Waals surface area contributed by atoms with Crippen molar-refractivity contribution in [2.24, 2.45) is 0 Å². The van der Waals surface area contributed by atoms with E-state index in [4.69, 9.17) is 5.73 Å². The van der Waals surface area contributed by atoms with Gasteiger partial charge >= 0.3 is 6.18 Å². The van der Waals surface area contributed by atoms with Crippen LogP contribution < -0.4 is 21.7 Å². The van der Waals surface area contributed by atoms with Crippen LogP contribution in [0.25, 0.3) is 0 Å². The van der Waals surface area contributed by atoms with Crippen LogP contribution in [0.4, 0.5) is 35.5 Å². The molecule has 0 aliphatic heterocycles. The fourth-order valence-electron chi connectivity index (χ4n) is 2.76. The zero-order valence-corrected chi connectivity index (χ0v) is 19.1. The molecule has 0 aliphatic carbocycles. The van der Waals surface area contributed by atoms with Crippen molar-refractivity contribution in [3.8, 4) is 0 Å². The van der Waals surface area contributed by atoms with Crippen molar-refractivity contribution in [2.45, 2.75) is 12.7 Å². The first-order valence-corrected chi connectivity index (χ1v) is 11.4. The lowest BCUT2D eigenvalue weighted by Gasteiger charge is -2.12. The summed E-state index contributed by atoms with van der Waals surface area (Å²) in [5.74, 6) is -0.742. The molecule has 4 aromatic rings. The van der Waals surface area contributed by atoms with E-state index in [2.05, 4.69) is 35.9 Å². The zero-order chi connectivity index (χ0) is 25.0. The Morgan fingerprint density at radius 1 is 1.06 bits per heavy atom. The Balaban J connectivity index is 1.35. The SMILES string of the molecule is Nc1ccc(NC(=O)c2cnc(CNC(=O)c3cc(Nc4nccs4)ncn3)s2)cc1C(F)(F)F. The molecule has 3 heterocycles. The number of hydrogen-bond donors (Lipinski definition) is 4. The van der Waals surface area contributed by atoms with Crippen LogP contribution in [0.1, 0.15) is 30.7 Å². The lowest BCUT2D eigenvalue weighted by atomic mass is 10.1. The fraction of sp³-hybridized carbons (Fsp3) is 0.100. The van der Waals surface area contributed by atoms with E-state index in [0.29, 0.717) is 16.0 Å². The van der Waals surface area contributed by atoms with E-state index in [1.165, 1.54) is 36.0 Å². The van der Waals surface area contributed by atoms with Gasteiger partial charge in [-0.05, 0) is 18.2 Å². The van der Waals surface area contributed by atoms with Crippen molar-refractivity contribution in [3.63, 3.8) is 0 Å². The lowest BCUT2D eigenvalue weighted by Crippen LogP contribution is -2.24. The monoisotopic (exact) mass is 520 g/mol. The number of hydrogen-bond acceptors (Lipinski definition) is 10. The minimum absolute atomic E-state index is 0.0100. The molecule has 0 aliphatic rings. The number of halogens is 3. The summed E-state index contributed by atoms with van der Waals surface area (Å²) in [6, 6.07) is 4.55. The molecule has 180 valence electrons. The molecule has 0 unspecified atom stereocenters. The maximum absolute atomic E-state index is 13.0. The number of nitrogens with two attached hydrogens (primary N) is 1. The van der Waals surface area contributed by atoms with Crippen LogP contribution in [0.15, 0.2) is 48.4 Å². The summed E-state index contributed by atoms with van der Waals surface area (Å²) in [7, 11) is 0. The van der Waals surface area contributed by atoms with Gasteiger partial charge in [0.05, 0.1) is 18.3 Å². The molecule has 0 fully saturated rings. The number of carbonyl (C=O) groups excluding carboxylic acids is 2. The quantitative estimate of drug-likeness (QED) is 0.268. The molecular formula is C20H15F3N8O2S2. The van der Waals surface area contributed by atoms with Crippen molar-refractivity contribution in [3.05, 3.63) is 69.5 Å². The number of amides is 2. The summed E-state index contributed by atoms with van der Waals surface area (Å²) in [5.41, 5.74) is 3.93. The largest absolute Gasteiger partial charge is 0.418 e. The molecule has 2 amide bonds. The average Bonchev–Trinajstić information content (AvgIpc) is 3.50. The molecule has 0 atom stereocenters. The third kappa shape index (κ3) is 6.07. The van der Waals surface area contributed by atoms with E-state index in [1.54, 1.807) is 11.6 Å². The van der Waals surface area contributed by atoms with Crippen LogP contribution in [-0.4, -0.2) is 31.8 Å². The molecule has 35 heavy (non-hydrogen) atoms. The maximum Gasteiger partial charge on any atom is 0.418 e. The molecular weight excluding hydrogens is 505 g/mol. The molecule has 3 aromatic heterocycles. The third-order valence-electron chi connectivity index (χ3n) is 4.36. The van der Waals surface area contributed by atoms with Gasteiger partial charge in [-0.1, -0.05) is 0 Å². The zero-order valence-electron chi connectivity index (χ0n) is 17.5. The van der Waals surface area contributed by atoms with Crippen LogP contribution in [0.3, 0.4) is 0 Å². The summed E-state index contributed by atoms with van der Waals surface area (Å²) in [4.78, 5) is 41.2. The van der Waals surface area contributed by atoms with Gasteiger partial charge < -0.3 is 21.7 Å². The smallest absolute Gasteiger partial charge is 0.398 e. The molecule has 15 heteroatoms. The first-order valence-electron chi connectivity index (χ1n) is 9.68. The molecule has 0 bridgehead atoms. The van der Waals surface area contributed by atoms with E-state index in [0.717, 1.165) is 23.5 Å². The summed E-state index contributed by atoms with van der Waals surface area (Å²) in [6.07, 6.45) is -0.524. The maximum atomic E-state index is 13.0. The first kappa shape index (κ1) is 24.0. The van der Waals surface area contributed by atoms with Crippen molar-refractivity contribution >= 4 is 56.8 Å². The highest BCUT2D eigenvalue weighted by Crippen LogP contribution is 2.35. The van der Waals surface area contributed by atoms with Crippen LogP contribution >= 0.6 is 22.7 Å². The standard InChI is InChI=1S/C20H15F3N8O2S2/c21-20(22,23)11-5-10(1-2-12(11)24)30-18(33)14-7-26-16(35-14)8-27-17(32)13-6-15(29-9-28-13)31-19-25-3-4-34-19/h1-7,9H,8,24H2,(H,27,32)(H,30,33)(H,25,28,29,31). The summed E-state index contributed by atoms with van der Waals surface area (Å²) in [5, 5.41) is 10.8. The predicted molar refractivity (Wildman–Crippen MR) is 125 cm³/mol. The van der Waals surface area contributed by atoms with Crippen LogP contribution in [-0.2, 0) is 12.7 Å². The van der Waals surface area contributed by atoms with Crippen molar-refractivity contribution < 1.29 is 22.8 Å². The number of nitrogens with zero attached hydrogens (tertiary/aromatic N) is 4. The Morgan fingerprint density at radius 2 is 1.89 bits per heavy atom. The lowest BCUT2D eigenvalue weighted by molar-refractivity contribution is -0.136. The molecule has 0 radical (unpaired) electrons. The topological polar surface area (TPSA) is 148 Å². The Labute approximate surface area is 203 Å². The van der Waals surface area contributed by atoms with Crippen LogP contribution in [0, 0.1) is 0 Å². The number of rotatable bonds is 7. The number of anilines is 4. The normalized spacial score (nSPS) is 11.2. The number of aromatic nitrogens is 4. The Hall–Kier alpha value is -4.11. The number of carbonyl (C=O) groups is 2.